The second-order valence-corrected chi connectivity index (χ2v) is 22.1. The number of ether oxygens (including phenoxy) is 3. The summed E-state index contributed by atoms with van der Waals surface area (Å²) in [5.74, 6) is 0.752. The molecule has 0 saturated carbocycles. The van der Waals surface area contributed by atoms with Crippen LogP contribution in [0.4, 0.5) is 10.5 Å². The highest BCUT2D eigenvalue weighted by Crippen LogP contribution is 2.38. The molecule has 11 nitrogen and oxygen atoms in total. The molecule has 0 bridgehead atoms. The molecule has 0 atom stereocenters. The van der Waals surface area contributed by atoms with Gasteiger partial charge in [0.05, 0.1) is 24.3 Å². The molecule has 0 saturated heterocycles. The van der Waals surface area contributed by atoms with Crippen LogP contribution in [-0.4, -0.2) is 79.4 Å². The van der Waals surface area contributed by atoms with E-state index in [9.17, 15) is 19.5 Å². The van der Waals surface area contributed by atoms with Crippen LogP contribution in [0.2, 0.25) is 23.2 Å². The van der Waals surface area contributed by atoms with Gasteiger partial charge < -0.3 is 38.1 Å². The van der Waals surface area contributed by atoms with E-state index in [0.29, 0.717) is 58.3 Å². The normalized spacial score (nSPS) is 13.2. The predicted octanol–water partition coefficient (Wildman–Crippen LogP) is 9.77. The molecule has 0 unspecified atom stereocenters. The Hall–Kier alpha value is -4.78. The van der Waals surface area contributed by atoms with Crippen molar-refractivity contribution < 1.29 is 38.1 Å². The van der Waals surface area contributed by atoms with Gasteiger partial charge in [-0.2, -0.15) is 0 Å². The molecule has 2 amide bonds. The molecule has 1 aromatic heterocycles. The maximum atomic E-state index is 14.6. The number of nitrogens with zero attached hydrogens (tertiary/aromatic N) is 3. The quantitative estimate of drug-likeness (QED) is 0.0805. The van der Waals surface area contributed by atoms with E-state index in [1.54, 1.807) is 29.2 Å². The monoisotopic (exact) mass is 817 g/mol. The molecule has 0 radical (unpaired) electrons. The maximum absolute atomic E-state index is 14.6. The fourth-order valence-electron chi connectivity index (χ4n) is 6.39. The van der Waals surface area contributed by atoms with Gasteiger partial charge in [0.1, 0.15) is 23.7 Å². The Kier molecular flexibility index (Phi) is 13.2. The van der Waals surface area contributed by atoms with E-state index >= 15 is 0 Å². The minimum atomic E-state index is -2.10. The van der Waals surface area contributed by atoms with Gasteiger partial charge in [0.2, 0.25) is 8.32 Å². The molecule has 2 heterocycles. The summed E-state index contributed by atoms with van der Waals surface area (Å²) in [5, 5.41) is 9.88. The number of carbonyl (C=O) groups excluding carboxylic acids is 2. The highest BCUT2D eigenvalue weighted by atomic mass is 35.5. The van der Waals surface area contributed by atoms with Crippen molar-refractivity contribution >= 4 is 43.6 Å². The first-order valence-corrected chi connectivity index (χ1v) is 22.5. The summed E-state index contributed by atoms with van der Waals surface area (Å²) in [5.41, 5.74) is 4.64. The van der Waals surface area contributed by atoms with Crippen LogP contribution in [0.25, 0.3) is 11.3 Å². The molecule has 306 valence electrons. The molecule has 0 aliphatic carbocycles. The van der Waals surface area contributed by atoms with E-state index < -0.39 is 26.0 Å². The number of rotatable bonds is 13. The van der Waals surface area contributed by atoms with Gasteiger partial charge in [-0.15, -0.1) is 0 Å². The number of esters is 1. The number of amides is 2. The van der Waals surface area contributed by atoms with Crippen molar-refractivity contribution in [2.75, 3.05) is 37.8 Å². The van der Waals surface area contributed by atoms with E-state index in [1.165, 1.54) is 4.90 Å². The SMILES string of the molecule is Cc1c(C(=O)N(CCOCCOc2cccc3c2CCN(C(=O)O)C3)c2ccc(O[Si](C)(C)C(C)(C)C)cc2)cc(-c2cc(Cl)ccc2C(=O)OC(C)(C)C)n1C. The number of hydrogen-bond donors (Lipinski definition) is 1. The van der Waals surface area contributed by atoms with Crippen LogP contribution in [0.15, 0.2) is 66.7 Å². The molecule has 1 aliphatic rings. The van der Waals surface area contributed by atoms with Crippen LogP contribution in [-0.2, 0) is 29.5 Å². The highest BCUT2D eigenvalue weighted by Gasteiger charge is 2.39. The molecule has 57 heavy (non-hydrogen) atoms. The molecule has 0 spiro atoms. The van der Waals surface area contributed by atoms with Gasteiger partial charge in [-0.25, -0.2) is 9.59 Å². The van der Waals surface area contributed by atoms with Crippen LogP contribution in [0.5, 0.6) is 11.5 Å². The van der Waals surface area contributed by atoms with Gasteiger partial charge in [-0.05, 0) is 112 Å². The van der Waals surface area contributed by atoms with Crippen LogP contribution < -0.4 is 14.1 Å². The summed E-state index contributed by atoms with van der Waals surface area (Å²) in [6.07, 6.45) is -0.352. The molecular formula is C44H56ClN3O8Si. The second kappa shape index (κ2) is 17.4. The number of anilines is 1. The highest BCUT2D eigenvalue weighted by molar-refractivity contribution is 6.74. The van der Waals surface area contributed by atoms with Gasteiger partial charge in [0.15, 0.2) is 0 Å². The van der Waals surface area contributed by atoms with E-state index in [-0.39, 0.29) is 37.3 Å². The standard InChI is InChI=1S/C44H56ClN3O8Si/c1-29-36(27-38(46(29)8)37-26-31(45)14-19-35(37)41(50)55-43(2,3)4)40(49)48(32-15-17-33(18-16-32)56-57(9,10)44(5,6)7)22-23-53-24-25-54-39-13-11-12-30-28-47(42(51)52)21-20-34(30)39/h11-19,26-27H,20-25,28H2,1-10H3,(H,51,52). The van der Waals surface area contributed by atoms with Crippen molar-refractivity contribution in [3.63, 3.8) is 0 Å². The van der Waals surface area contributed by atoms with Crippen LogP contribution in [0, 0.1) is 6.92 Å². The van der Waals surface area contributed by atoms with Crippen LogP contribution >= 0.6 is 11.6 Å². The van der Waals surface area contributed by atoms with Gasteiger partial charge in [-0.1, -0.05) is 44.5 Å². The summed E-state index contributed by atoms with van der Waals surface area (Å²) in [6, 6.07) is 20.1. The fraction of sp³-hybridized carbons (Fsp3) is 0.432. The Bertz CT molecular complexity index is 2100. The smallest absolute Gasteiger partial charge is 0.407 e. The Balaban J connectivity index is 1.37. The summed E-state index contributed by atoms with van der Waals surface area (Å²) in [4.78, 5) is 42.5. The molecule has 1 aliphatic heterocycles. The van der Waals surface area contributed by atoms with E-state index in [0.717, 1.165) is 22.6 Å². The number of benzene rings is 3. The average molecular weight is 818 g/mol. The topological polar surface area (TPSA) is 120 Å². The zero-order valence-corrected chi connectivity index (χ0v) is 36.6. The zero-order chi connectivity index (χ0) is 41.9. The molecule has 13 heteroatoms. The summed E-state index contributed by atoms with van der Waals surface area (Å²) >= 11 is 6.46. The lowest BCUT2D eigenvalue weighted by molar-refractivity contribution is 0.00701. The average Bonchev–Trinajstić information content (AvgIpc) is 3.43. The zero-order valence-electron chi connectivity index (χ0n) is 34.8. The van der Waals surface area contributed by atoms with E-state index in [4.69, 9.17) is 30.2 Å². The Morgan fingerprint density at radius 2 is 1.61 bits per heavy atom. The first-order chi connectivity index (χ1) is 26.7. The van der Waals surface area contributed by atoms with Gasteiger partial charge in [0, 0.05) is 59.9 Å². The Morgan fingerprint density at radius 3 is 2.26 bits per heavy atom. The Labute approximate surface area is 342 Å². The molecule has 5 rings (SSSR count). The number of carboxylic acid groups (broad SMARTS) is 1. The summed E-state index contributed by atoms with van der Waals surface area (Å²) in [7, 11) is -0.241. The lowest BCUT2D eigenvalue weighted by Gasteiger charge is -2.36. The first kappa shape index (κ1) is 43.3. The van der Waals surface area contributed by atoms with E-state index in [1.807, 2.05) is 81.8 Å². The molecular weight excluding hydrogens is 762 g/mol. The predicted molar refractivity (Wildman–Crippen MR) is 227 cm³/mol. The number of fused-ring (bicyclic) bond motifs is 1. The third-order valence-electron chi connectivity index (χ3n) is 10.7. The largest absolute Gasteiger partial charge is 0.544 e. The second-order valence-electron chi connectivity index (χ2n) is 16.9. The maximum Gasteiger partial charge on any atom is 0.407 e. The van der Waals surface area contributed by atoms with Crippen molar-refractivity contribution in [2.45, 2.75) is 85.2 Å². The number of aromatic nitrogens is 1. The summed E-state index contributed by atoms with van der Waals surface area (Å²) in [6.45, 7) is 20.1. The lowest BCUT2D eigenvalue weighted by atomic mass is 9.99. The van der Waals surface area contributed by atoms with Crippen molar-refractivity contribution in [3.05, 3.63) is 99.7 Å². The minimum Gasteiger partial charge on any atom is -0.544 e. The van der Waals surface area contributed by atoms with Crippen LogP contribution in [0.1, 0.15) is 79.1 Å². The number of hydrogen-bond acceptors (Lipinski definition) is 7. The minimum absolute atomic E-state index is 0.0189. The van der Waals surface area contributed by atoms with Gasteiger partial charge >= 0.3 is 12.1 Å². The fourth-order valence-corrected chi connectivity index (χ4v) is 7.59. The van der Waals surface area contributed by atoms with Gasteiger partial charge in [0.25, 0.3) is 5.91 Å². The number of carbonyl (C=O) groups is 3. The Morgan fingerprint density at radius 1 is 0.912 bits per heavy atom. The number of halogens is 1. The van der Waals surface area contributed by atoms with Crippen LogP contribution in [0.3, 0.4) is 0 Å². The van der Waals surface area contributed by atoms with Crippen molar-refractivity contribution in [1.82, 2.24) is 9.47 Å². The van der Waals surface area contributed by atoms with Crippen molar-refractivity contribution in [3.8, 4) is 22.8 Å². The third kappa shape index (κ3) is 10.4. The molecule has 3 aromatic carbocycles. The third-order valence-corrected chi connectivity index (χ3v) is 15.2. The molecule has 1 N–H and O–H groups in total. The molecule has 0 fully saturated rings. The van der Waals surface area contributed by atoms with Crippen molar-refractivity contribution in [2.24, 2.45) is 7.05 Å². The van der Waals surface area contributed by atoms with Crippen molar-refractivity contribution in [1.29, 1.82) is 0 Å². The van der Waals surface area contributed by atoms with E-state index in [2.05, 4.69) is 33.9 Å². The van der Waals surface area contributed by atoms with Gasteiger partial charge in [-0.3, -0.25) is 4.79 Å². The lowest BCUT2D eigenvalue weighted by Crippen LogP contribution is -2.43. The summed E-state index contributed by atoms with van der Waals surface area (Å²) < 4.78 is 26.3. The first-order valence-electron chi connectivity index (χ1n) is 19.3. The molecule has 4 aromatic rings.